The standard InChI is InChI=1S/C19H12ClF3N2O3S/c20-16-7-6-15(29-16)14(26)10-28-18(27)13-5-2-8-24-17(13)25-12-4-1-3-11(9-12)19(21,22)23/h1-9H,10H2,(H,24,25). The molecule has 5 nitrogen and oxygen atoms in total. The second-order valence-corrected chi connectivity index (χ2v) is 7.42. The molecule has 29 heavy (non-hydrogen) atoms. The smallest absolute Gasteiger partial charge is 0.416 e. The fraction of sp³-hybridized carbons (Fsp3) is 0.105. The molecule has 0 aliphatic heterocycles. The molecular formula is C19H12ClF3N2O3S. The monoisotopic (exact) mass is 440 g/mol. The summed E-state index contributed by atoms with van der Waals surface area (Å²) in [7, 11) is 0. The molecule has 0 radical (unpaired) electrons. The number of halogens is 4. The van der Waals surface area contributed by atoms with Crippen LogP contribution in [0.3, 0.4) is 0 Å². The van der Waals surface area contributed by atoms with Crippen LogP contribution in [0.5, 0.6) is 0 Å². The van der Waals surface area contributed by atoms with E-state index in [1.165, 1.54) is 36.5 Å². The SMILES string of the molecule is O=C(COC(=O)c1cccnc1Nc1cccc(C(F)(F)F)c1)c1ccc(Cl)s1. The molecule has 0 amide bonds. The zero-order chi connectivity index (χ0) is 21.0. The maximum Gasteiger partial charge on any atom is 0.416 e. The number of carbonyl (C=O) groups is 2. The van der Waals surface area contributed by atoms with Gasteiger partial charge in [0.25, 0.3) is 0 Å². The van der Waals surface area contributed by atoms with Crippen molar-refractivity contribution in [3.05, 3.63) is 75.1 Å². The van der Waals surface area contributed by atoms with Crippen LogP contribution in [0.1, 0.15) is 25.6 Å². The van der Waals surface area contributed by atoms with Gasteiger partial charge in [-0.3, -0.25) is 4.79 Å². The molecule has 0 aliphatic carbocycles. The predicted octanol–water partition coefficient (Wildman–Crippen LogP) is 5.60. The van der Waals surface area contributed by atoms with Gasteiger partial charge in [-0.05, 0) is 42.5 Å². The van der Waals surface area contributed by atoms with E-state index in [2.05, 4.69) is 10.3 Å². The van der Waals surface area contributed by atoms with E-state index >= 15 is 0 Å². The summed E-state index contributed by atoms with van der Waals surface area (Å²) in [6, 6.07) is 10.4. The van der Waals surface area contributed by atoms with Crippen molar-refractivity contribution in [2.24, 2.45) is 0 Å². The third-order valence-electron chi connectivity index (χ3n) is 3.66. The van der Waals surface area contributed by atoms with Crippen molar-refractivity contribution < 1.29 is 27.5 Å². The molecule has 0 spiro atoms. The Morgan fingerprint density at radius 3 is 2.62 bits per heavy atom. The summed E-state index contributed by atoms with van der Waals surface area (Å²) in [4.78, 5) is 28.7. The number of thiophene rings is 1. The van der Waals surface area contributed by atoms with Gasteiger partial charge in [-0.1, -0.05) is 17.7 Å². The number of benzene rings is 1. The number of pyridine rings is 1. The summed E-state index contributed by atoms with van der Waals surface area (Å²) < 4.78 is 44.1. The van der Waals surface area contributed by atoms with Gasteiger partial charge >= 0.3 is 12.1 Å². The van der Waals surface area contributed by atoms with Crippen LogP contribution in [-0.4, -0.2) is 23.3 Å². The van der Waals surface area contributed by atoms with Crippen molar-refractivity contribution in [3.8, 4) is 0 Å². The molecule has 0 bridgehead atoms. The lowest BCUT2D eigenvalue weighted by molar-refractivity contribution is -0.137. The number of aromatic nitrogens is 1. The van der Waals surface area contributed by atoms with Crippen molar-refractivity contribution >= 4 is 46.2 Å². The number of nitrogens with zero attached hydrogens (tertiary/aromatic N) is 1. The van der Waals surface area contributed by atoms with Gasteiger partial charge in [-0.2, -0.15) is 13.2 Å². The fourth-order valence-electron chi connectivity index (χ4n) is 2.32. The van der Waals surface area contributed by atoms with E-state index in [4.69, 9.17) is 16.3 Å². The van der Waals surface area contributed by atoms with Gasteiger partial charge in [-0.25, -0.2) is 9.78 Å². The number of esters is 1. The molecule has 2 aromatic heterocycles. The third-order valence-corrected chi connectivity index (χ3v) is 4.93. The van der Waals surface area contributed by atoms with E-state index in [1.807, 2.05) is 0 Å². The predicted molar refractivity (Wildman–Crippen MR) is 103 cm³/mol. The van der Waals surface area contributed by atoms with Gasteiger partial charge in [0.05, 0.1) is 14.8 Å². The molecule has 1 N–H and O–H groups in total. The van der Waals surface area contributed by atoms with Crippen molar-refractivity contribution in [2.45, 2.75) is 6.18 Å². The Labute approximate surface area is 172 Å². The average molecular weight is 441 g/mol. The number of rotatable bonds is 6. The van der Waals surface area contributed by atoms with Crippen LogP contribution in [0.2, 0.25) is 4.34 Å². The zero-order valence-electron chi connectivity index (χ0n) is 14.5. The van der Waals surface area contributed by atoms with Crippen LogP contribution in [0.25, 0.3) is 0 Å². The minimum atomic E-state index is -4.51. The van der Waals surface area contributed by atoms with Gasteiger partial charge in [0.15, 0.2) is 6.61 Å². The molecule has 0 aliphatic rings. The van der Waals surface area contributed by atoms with Crippen LogP contribution in [0.4, 0.5) is 24.7 Å². The van der Waals surface area contributed by atoms with Gasteiger partial charge in [0, 0.05) is 11.9 Å². The molecule has 0 fully saturated rings. The van der Waals surface area contributed by atoms with Crippen LogP contribution in [-0.2, 0) is 10.9 Å². The largest absolute Gasteiger partial charge is 0.454 e. The fourth-order valence-corrected chi connectivity index (χ4v) is 3.29. The van der Waals surface area contributed by atoms with E-state index in [0.29, 0.717) is 9.21 Å². The molecule has 0 saturated heterocycles. The number of carbonyl (C=O) groups excluding carboxylic acids is 2. The highest BCUT2D eigenvalue weighted by molar-refractivity contribution is 7.18. The van der Waals surface area contributed by atoms with E-state index in [1.54, 1.807) is 6.07 Å². The average Bonchev–Trinajstić information content (AvgIpc) is 3.12. The first-order valence-corrected chi connectivity index (χ1v) is 9.28. The molecule has 0 saturated carbocycles. The van der Waals surface area contributed by atoms with E-state index in [0.717, 1.165) is 23.5 Å². The summed E-state index contributed by atoms with van der Waals surface area (Å²) in [6.45, 7) is -0.506. The van der Waals surface area contributed by atoms with Crippen LogP contribution < -0.4 is 5.32 Å². The number of hydrogen-bond donors (Lipinski definition) is 1. The van der Waals surface area contributed by atoms with Gasteiger partial charge in [0.1, 0.15) is 11.4 Å². The summed E-state index contributed by atoms with van der Waals surface area (Å²) in [5, 5.41) is 2.68. The minimum absolute atomic E-state index is 0.00319. The number of anilines is 2. The zero-order valence-corrected chi connectivity index (χ0v) is 16.1. The van der Waals surface area contributed by atoms with Crippen LogP contribution in [0, 0.1) is 0 Å². The summed E-state index contributed by atoms with van der Waals surface area (Å²) in [6.07, 6.45) is -3.14. The second kappa shape index (κ2) is 8.62. The van der Waals surface area contributed by atoms with Crippen molar-refractivity contribution in [2.75, 3.05) is 11.9 Å². The van der Waals surface area contributed by atoms with Crippen LogP contribution in [0.15, 0.2) is 54.7 Å². The first-order chi connectivity index (χ1) is 13.7. The number of ether oxygens (including phenoxy) is 1. The highest BCUT2D eigenvalue weighted by Crippen LogP contribution is 2.31. The molecule has 0 unspecified atom stereocenters. The Bertz CT molecular complexity index is 1050. The normalized spacial score (nSPS) is 11.2. The second-order valence-electron chi connectivity index (χ2n) is 5.71. The number of nitrogens with one attached hydrogen (secondary N) is 1. The van der Waals surface area contributed by atoms with E-state index in [9.17, 15) is 22.8 Å². The maximum atomic E-state index is 12.9. The van der Waals surface area contributed by atoms with Gasteiger partial charge < -0.3 is 10.1 Å². The summed E-state index contributed by atoms with van der Waals surface area (Å²) >= 11 is 6.83. The Hall–Kier alpha value is -2.91. The van der Waals surface area contributed by atoms with Crippen molar-refractivity contribution in [3.63, 3.8) is 0 Å². The van der Waals surface area contributed by atoms with E-state index in [-0.39, 0.29) is 17.1 Å². The number of ketones is 1. The quantitative estimate of drug-likeness (QED) is 0.399. The number of hydrogen-bond acceptors (Lipinski definition) is 6. The molecular weight excluding hydrogens is 429 g/mol. The topological polar surface area (TPSA) is 68.3 Å². The first-order valence-electron chi connectivity index (χ1n) is 8.09. The highest BCUT2D eigenvalue weighted by Gasteiger charge is 2.30. The Kier molecular flexibility index (Phi) is 6.19. The van der Waals surface area contributed by atoms with E-state index < -0.39 is 30.1 Å². The summed E-state index contributed by atoms with van der Waals surface area (Å²) in [5.41, 5.74) is -0.776. The highest BCUT2D eigenvalue weighted by atomic mass is 35.5. The first kappa shape index (κ1) is 20.8. The molecule has 10 heteroatoms. The lowest BCUT2D eigenvalue weighted by atomic mass is 10.2. The number of alkyl halides is 3. The Morgan fingerprint density at radius 2 is 1.93 bits per heavy atom. The summed E-state index contributed by atoms with van der Waals surface area (Å²) in [5.74, 6) is -1.27. The molecule has 150 valence electrons. The Balaban J connectivity index is 1.73. The molecule has 1 aromatic carbocycles. The lowest BCUT2D eigenvalue weighted by Gasteiger charge is -2.12. The van der Waals surface area contributed by atoms with Crippen LogP contribution >= 0.6 is 22.9 Å². The van der Waals surface area contributed by atoms with Crippen molar-refractivity contribution in [1.29, 1.82) is 0 Å². The third kappa shape index (κ3) is 5.33. The minimum Gasteiger partial charge on any atom is -0.454 e. The Morgan fingerprint density at radius 1 is 1.14 bits per heavy atom. The van der Waals surface area contributed by atoms with Crippen molar-refractivity contribution in [1.82, 2.24) is 4.98 Å². The molecule has 0 atom stereocenters. The van der Waals surface area contributed by atoms with Gasteiger partial charge in [0.2, 0.25) is 5.78 Å². The molecule has 2 heterocycles. The maximum absolute atomic E-state index is 12.9. The number of Topliss-reactive ketones (excluding diaryl/α,β-unsaturated/α-hetero) is 1. The molecule has 3 rings (SSSR count). The molecule has 3 aromatic rings. The van der Waals surface area contributed by atoms with Gasteiger partial charge in [-0.15, -0.1) is 11.3 Å². The lowest BCUT2D eigenvalue weighted by Crippen LogP contribution is -2.15.